The maximum atomic E-state index is 12.5. The van der Waals surface area contributed by atoms with Gasteiger partial charge in [0, 0.05) is 17.4 Å². The van der Waals surface area contributed by atoms with Crippen molar-refractivity contribution in [3.63, 3.8) is 0 Å². The van der Waals surface area contributed by atoms with Crippen LogP contribution >= 0.6 is 27.5 Å². The molecule has 1 atom stereocenters. The molecular weight excluding hydrogens is 366 g/mol. The van der Waals surface area contributed by atoms with E-state index in [1.807, 2.05) is 13.8 Å². The van der Waals surface area contributed by atoms with Crippen LogP contribution in [-0.2, 0) is 14.8 Å². The number of halogens is 2. The highest BCUT2D eigenvalue weighted by Crippen LogP contribution is 2.32. The van der Waals surface area contributed by atoms with Gasteiger partial charge in [-0.15, -0.1) is 0 Å². The molecule has 1 heterocycles. The van der Waals surface area contributed by atoms with Gasteiger partial charge in [-0.1, -0.05) is 25.4 Å². The second-order valence-electron chi connectivity index (χ2n) is 5.21. The van der Waals surface area contributed by atoms with Crippen LogP contribution in [-0.4, -0.2) is 25.2 Å². The predicted molar refractivity (Wildman–Crippen MR) is 81.0 cm³/mol. The number of benzene rings is 1. The van der Waals surface area contributed by atoms with Gasteiger partial charge < -0.3 is 0 Å². The summed E-state index contributed by atoms with van der Waals surface area (Å²) in [6.45, 7) is 4.24. The molecule has 7 heteroatoms. The van der Waals surface area contributed by atoms with Crippen LogP contribution in [0.3, 0.4) is 0 Å². The molecule has 1 aromatic rings. The quantitative estimate of drug-likeness (QED) is 0.808. The standard InChI is InChI=1S/C13H15BrClNO3S/c1-8(2)9-5-13(17)16(7-9)20(18,19)10-3-4-12(15)11(14)6-10/h3-4,6,8-9H,5,7H2,1-2H3. The average Bonchev–Trinajstić information content (AvgIpc) is 2.75. The van der Waals surface area contributed by atoms with Gasteiger partial charge in [0.25, 0.3) is 10.0 Å². The number of sulfonamides is 1. The Kier molecular flexibility index (Phi) is 4.47. The van der Waals surface area contributed by atoms with Gasteiger partial charge in [0.1, 0.15) is 0 Å². The molecule has 0 spiro atoms. The molecule has 110 valence electrons. The fourth-order valence-electron chi connectivity index (χ4n) is 2.15. The van der Waals surface area contributed by atoms with E-state index < -0.39 is 10.0 Å². The zero-order valence-corrected chi connectivity index (χ0v) is 14.3. The third kappa shape index (κ3) is 2.87. The topological polar surface area (TPSA) is 54.5 Å². The Balaban J connectivity index is 2.35. The summed E-state index contributed by atoms with van der Waals surface area (Å²) in [6.07, 6.45) is 0.283. The Bertz CT molecular complexity index is 645. The molecule has 1 aliphatic rings. The van der Waals surface area contributed by atoms with Gasteiger partial charge in [-0.3, -0.25) is 4.79 Å². The van der Waals surface area contributed by atoms with Gasteiger partial charge in [0.05, 0.1) is 9.92 Å². The van der Waals surface area contributed by atoms with Crippen LogP contribution in [0.2, 0.25) is 5.02 Å². The minimum absolute atomic E-state index is 0.0755. The summed E-state index contributed by atoms with van der Waals surface area (Å²) in [5.41, 5.74) is 0. The normalized spacial score (nSPS) is 19.9. The fraction of sp³-hybridized carbons (Fsp3) is 0.462. The predicted octanol–water partition coefficient (Wildman–Crippen LogP) is 3.30. The molecule has 1 unspecified atom stereocenters. The summed E-state index contributed by atoms with van der Waals surface area (Å²) < 4.78 is 26.5. The lowest BCUT2D eigenvalue weighted by Crippen LogP contribution is -2.32. The lowest BCUT2D eigenvalue weighted by molar-refractivity contribution is -0.123. The largest absolute Gasteiger partial charge is 0.274 e. The second-order valence-corrected chi connectivity index (χ2v) is 8.34. The summed E-state index contributed by atoms with van der Waals surface area (Å²) in [5, 5.41) is 0.428. The maximum Gasteiger partial charge on any atom is 0.266 e. The van der Waals surface area contributed by atoms with Crippen molar-refractivity contribution in [1.29, 1.82) is 0 Å². The van der Waals surface area contributed by atoms with E-state index >= 15 is 0 Å². The summed E-state index contributed by atoms with van der Waals surface area (Å²) in [4.78, 5) is 12.0. The molecule has 0 aromatic heterocycles. The minimum atomic E-state index is -3.80. The Morgan fingerprint density at radius 2 is 2.05 bits per heavy atom. The number of hydrogen-bond donors (Lipinski definition) is 0. The van der Waals surface area contributed by atoms with Crippen LogP contribution in [0.4, 0.5) is 0 Å². The van der Waals surface area contributed by atoms with E-state index in [2.05, 4.69) is 15.9 Å². The van der Waals surface area contributed by atoms with Crippen molar-refractivity contribution in [2.75, 3.05) is 6.54 Å². The van der Waals surface area contributed by atoms with Crippen LogP contribution in [0.5, 0.6) is 0 Å². The number of rotatable bonds is 3. The molecule has 1 aliphatic heterocycles. The Hall–Kier alpha value is -0.590. The Morgan fingerprint density at radius 3 is 2.55 bits per heavy atom. The summed E-state index contributed by atoms with van der Waals surface area (Å²) in [6, 6.07) is 4.34. The highest BCUT2D eigenvalue weighted by Gasteiger charge is 2.39. The van der Waals surface area contributed by atoms with Crippen LogP contribution in [0.25, 0.3) is 0 Å². The molecule has 1 saturated heterocycles. The third-order valence-corrected chi connectivity index (χ3v) is 6.53. The molecule has 2 rings (SSSR count). The van der Waals surface area contributed by atoms with Crippen LogP contribution < -0.4 is 0 Å². The molecule has 0 bridgehead atoms. The van der Waals surface area contributed by atoms with Crippen LogP contribution in [0, 0.1) is 11.8 Å². The molecular formula is C13H15BrClNO3S. The van der Waals surface area contributed by atoms with Crippen LogP contribution in [0.1, 0.15) is 20.3 Å². The van der Waals surface area contributed by atoms with Crippen molar-refractivity contribution >= 4 is 43.5 Å². The average molecular weight is 381 g/mol. The molecule has 1 aromatic carbocycles. The lowest BCUT2D eigenvalue weighted by Gasteiger charge is -2.18. The first-order valence-electron chi connectivity index (χ1n) is 6.24. The smallest absolute Gasteiger partial charge is 0.266 e. The fourth-order valence-corrected chi connectivity index (χ4v) is 4.29. The zero-order valence-electron chi connectivity index (χ0n) is 11.1. The van der Waals surface area contributed by atoms with Gasteiger partial charge in [0.2, 0.25) is 5.91 Å². The minimum Gasteiger partial charge on any atom is -0.274 e. The summed E-state index contributed by atoms with van der Waals surface area (Å²) in [5.74, 6) is 0.0129. The van der Waals surface area contributed by atoms with Crippen molar-refractivity contribution in [2.24, 2.45) is 11.8 Å². The number of amides is 1. The monoisotopic (exact) mass is 379 g/mol. The zero-order chi connectivity index (χ0) is 15.1. The first-order chi connectivity index (χ1) is 9.23. The molecule has 20 heavy (non-hydrogen) atoms. The van der Waals surface area contributed by atoms with Gasteiger partial charge in [-0.05, 0) is 46.0 Å². The Morgan fingerprint density at radius 1 is 1.40 bits per heavy atom. The first-order valence-corrected chi connectivity index (χ1v) is 8.85. The van der Waals surface area contributed by atoms with E-state index in [1.54, 1.807) is 0 Å². The SMILES string of the molecule is CC(C)C1CC(=O)N(S(=O)(=O)c2ccc(Cl)c(Br)c2)C1. The molecule has 0 aliphatic carbocycles. The van der Waals surface area contributed by atoms with Gasteiger partial charge in [0.15, 0.2) is 0 Å². The number of carbonyl (C=O) groups excluding carboxylic acids is 1. The van der Waals surface area contributed by atoms with E-state index in [1.165, 1.54) is 18.2 Å². The van der Waals surface area contributed by atoms with E-state index in [0.29, 0.717) is 9.50 Å². The lowest BCUT2D eigenvalue weighted by atomic mass is 9.95. The molecule has 1 amide bonds. The second kappa shape index (κ2) is 5.66. The molecule has 4 nitrogen and oxygen atoms in total. The van der Waals surface area contributed by atoms with Crippen molar-refractivity contribution in [3.8, 4) is 0 Å². The number of nitrogens with zero attached hydrogens (tertiary/aromatic N) is 1. The van der Waals surface area contributed by atoms with Crippen molar-refractivity contribution in [1.82, 2.24) is 4.31 Å². The number of hydrogen-bond acceptors (Lipinski definition) is 3. The van der Waals surface area contributed by atoms with Crippen molar-refractivity contribution in [2.45, 2.75) is 25.2 Å². The molecule has 0 N–H and O–H groups in total. The van der Waals surface area contributed by atoms with Crippen molar-refractivity contribution < 1.29 is 13.2 Å². The molecule has 1 fully saturated rings. The maximum absolute atomic E-state index is 12.5. The van der Waals surface area contributed by atoms with Gasteiger partial charge in [-0.25, -0.2) is 12.7 Å². The summed E-state index contributed by atoms with van der Waals surface area (Å²) in [7, 11) is -3.80. The van der Waals surface area contributed by atoms with Crippen molar-refractivity contribution in [3.05, 3.63) is 27.7 Å². The van der Waals surface area contributed by atoms with E-state index in [-0.39, 0.29) is 35.6 Å². The van der Waals surface area contributed by atoms with E-state index in [9.17, 15) is 13.2 Å². The third-order valence-electron chi connectivity index (χ3n) is 3.54. The van der Waals surface area contributed by atoms with E-state index in [4.69, 9.17) is 11.6 Å². The molecule has 0 radical (unpaired) electrons. The Labute approximate surface area is 132 Å². The highest BCUT2D eigenvalue weighted by molar-refractivity contribution is 9.10. The van der Waals surface area contributed by atoms with E-state index in [0.717, 1.165) is 4.31 Å². The molecule has 0 saturated carbocycles. The number of carbonyl (C=O) groups is 1. The summed E-state index contributed by atoms with van der Waals surface area (Å²) >= 11 is 9.06. The van der Waals surface area contributed by atoms with Gasteiger partial charge in [-0.2, -0.15) is 0 Å². The first kappa shape index (κ1) is 15.8. The highest BCUT2D eigenvalue weighted by atomic mass is 79.9. The van der Waals surface area contributed by atoms with Gasteiger partial charge >= 0.3 is 0 Å². The van der Waals surface area contributed by atoms with Crippen LogP contribution in [0.15, 0.2) is 27.6 Å².